The van der Waals surface area contributed by atoms with Crippen LogP contribution in [0.4, 0.5) is 0 Å². The number of carbonyl (C=O) groups excluding carboxylic acids is 1. The first-order valence-electron chi connectivity index (χ1n) is 8.05. The van der Waals surface area contributed by atoms with Crippen LogP contribution in [0.25, 0.3) is 0 Å². The number of hydrogen-bond acceptors (Lipinski definition) is 4. The van der Waals surface area contributed by atoms with Gasteiger partial charge in [-0.1, -0.05) is 18.2 Å². The Balaban J connectivity index is 2.65. The summed E-state index contributed by atoms with van der Waals surface area (Å²) in [6, 6.07) is 8.61. The standard InChI is InChI=1S/C18H28ClNO3/c1-13(2)20(14(3)4)10-11-23-17-9-7-6-8-15(17)12-16(19)18(21)22-5/h6-9,13-14,16H,10-12H2,1-5H3. The van der Waals surface area contributed by atoms with Crippen molar-refractivity contribution in [2.45, 2.75) is 51.6 Å². The molecule has 0 saturated carbocycles. The van der Waals surface area contributed by atoms with Gasteiger partial charge in [0.05, 0.1) is 7.11 Å². The first kappa shape index (κ1) is 19.8. The van der Waals surface area contributed by atoms with Crippen molar-refractivity contribution in [1.82, 2.24) is 4.90 Å². The SMILES string of the molecule is COC(=O)C(Cl)Cc1ccccc1OCCN(C(C)C)C(C)C. The molecule has 1 unspecified atom stereocenters. The van der Waals surface area contributed by atoms with Gasteiger partial charge in [-0.2, -0.15) is 0 Å². The Morgan fingerprint density at radius 1 is 1.17 bits per heavy atom. The summed E-state index contributed by atoms with van der Waals surface area (Å²) in [6.07, 6.45) is 0.391. The number of carbonyl (C=O) groups is 1. The highest BCUT2D eigenvalue weighted by atomic mass is 35.5. The van der Waals surface area contributed by atoms with Crippen molar-refractivity contribution < 1.29 is 14.3 Å². The van der Waals surface area contributed by atoms with Crippen molar-refractivity contribution in [3.05, 3.63) is 29.8 Å². The zero-order chi connectivity index (χ0) is 17.4. The number of hydrogen-bond donors (Lipinski definition) is 0. The molecule has 0 N–H and O–H groups in total. The first-order chi connectivity index (χ1) is 10.9. The molecule has 0 aliphatic heterocycles. The van der Waals surface area contributed by atoms with Gasteiger partial charge in [-0.3, -0.25) is 9.69 Å². The summed E-state index contributed by atoms with van der Waals surface area (Å²) in [7, 11) is 1.34. The lowest BCUT2D eigenvalue weighted by molar-refractivity contribution is -0.140. The van der Waals surface area contributed by atoms with E-state index < -0.39 is 11.3 Å². The number of halogens is 1. The van der Waals surface area contributed by atoms with Gasteiger partial charge in [0.1, 0.15) is 17.7 Å². The third kappa shape index (κ3) is 6.40. The fourth-order valence-electron chi connectivity index (χ4n) is 2.59. The number of para-hydroxylation sites is 1. The molecule has 4 nitrogen and oxygen atoms in total. The van der Waals surface area contributed by atoms with Crippen LogP contribution >= 0.6 is 11.6 Å². The quantitative estimate of drug-likeness (QED) is 0.509. The van der Waals surface area contributed by atoms with Gasteiger partial charge in [0.2, 0.25) is 0 Å². The molecule has 0 aromatic heterocycles. The Bertz CT molecular complexity index is 483. The summed E-state index contributed by atoms with van der Waals surface area (Å²) < 4.78 is 10.6. The second-order valence-corrected chi connectivity index (χ2v) is 6.60. The van der Waals surface area contributed by atoms with Crippen LogP contribution in [-0.2, 0) is 16.0 Å². The van der Waals surface area contributed by atoms with Gasteiger partial charge in [0.15, 0.2) is 0 Å². The third-order valence-electron chi connectivity index (χ3n) is 3.76. The first-order valence-corrected chi connectivity index (χ1v) is 8.48. The van der Waals surface area contributed by atoms with Crippen LogP contribution in [0.1, 0.15) is 33.3 Å². The third-order valence-corrected chi connectivity index (χ3v) is 4.09. The molecule has 1 aromatic rings. The highest BCUT2D eigenvalue weighted by molar-refractivity contribution is 6.30. The smallest absolute Gasteiger partial charge is 0.324 e. The number of ether oxygens (including phenoxy) is 2. The molecule has 0 amide bonds. The second-order valence-electron chi connectivity index (χ2n) is 6.08. The van der Waals surface area contributed by atoms with E-state index in [2.05, 4.69) is 37.3 Å². The minimum Gasteiger partial charge on any atom is -0.492 e. The Labute approximate surface area is 144 Å². The Hall–Kier alpha value is -1.26. The lowest BCUT2D eigenvalue weighted by atomic mass is 10.1. The molecule has 0 radical (unpaired) electrons. The van der Waals surface area contributed by atoms with Gasteiger partial charge in [0, 0.05) is 25.0 Å². The van der Waals surface area contributed by atoms with E-state index in [1.807, 2.05) is 24.3 Å². The normalized spacial score (nSPS) is 12.7. The lowest BCUT2D eigenvalue weighted by Crippen LogP contribution is -2.39. The number of esters is 1. The minimum absolute atomic E-state index is 0.391. The largest absolute Gasteiger partial charge is 0.492 e. The molecule has 1 rings (SSSR count). The highest BCUT2D eigenvalue weighted by Gasteiger charge is 2.19. The topological polar surface area (TPSA) is 38.8 Å². The van der Waals surface area contributed by atoms with E-state index in [1.54, 1.807) is 0 Å². The predicted molar refractivity (Wildman–Crippen MR) is 94.3 cm³/mol. The van der Waals surface area contributed by atoms with Crippen LogP contribution < -0.4 is 4.74 Å². The summed E-state index contributed by atoms with van der Waals surface area (Å²) in [6.45, 7) is 10.2. The molecular formula is C18H28ClNO3. The van der Waals surface area contributed by atoms with Crippen LogP contribution in [0.5, 0.6) is 5.75 Å². The molecule has 23 heavy (non-hydrogen) atoms. The summed E-state index contributed by atoms with van der Waals surface area (Å²) in [5.41, 5.74) is 0.915. The number of nitrogens with zero attached hydrogens (tertiary/aromatic N) is 1. The molecule has 1 atom stereocenters. The van der Waals surface area contributed by atoms with E-state index in [9.17, 15) is 4.79 Å². The summed E-state index contributed by atoms with van der Waals surface area (Å²) in [5.74, 6) is 0.349. The molecule has 0 aliphatic carbocycles. The molecule has 0 spiro atoms. The number of benzene rings is 1. The van der Waals surface area contributed by atoms with Gasteiger partial charge in [-0.05, 0) is 39.3 Å². The van der Waals surface area contributed by atoms with Crippen molar-refractivity contribution in [2.75, 3.05) is 20.3 Å². The van der Waals surface area contributed by atoms with Crippen molar-refractivity contribution in [3.8, 4) is 5.75 Å². The fraction of sp³-hybridized carbons (Fsp3) is 0.611. The molecular weight excluding hydrogens is 314 g/mol. The van der Waals surface area contributed by atoms with E-state index >= 15 is 0 Å². The maximum Gasteiger partial charge on any atom is 0.324 e. The van der Waals surface area contributed by atoms with E-state index in [-0.39, 0.29) is 0 Å². The van der Waals surface area contributed by atoms with E-state index in [1.165, 1.54) is 7.11 Å². The number of methoxy groups -OCH3 is 1. The maximum absolute atomic E-state index is 11.5. The maximum atomic E-state index is 11.5. The lowest BCUT2D eigenvalue weighted by Gasteiger charge is -2.30. The van der Waals surface area contributed by atoms with Crippen LogP contribution in [0.2, 0.25) is 0 Å². The summed E-state index contributed by atoms with van der Waals surface area (Å²) in [5, 5.41) is -0.701. The molecule has 0 aliphatic rings. The van der Waals surface area contributed by atoms with Crippen LogP contribution in [-0.4, -0.2) is 48.6 Å². The number of rotatable bonds is 9. The van der Waals surface area contributed by atoms with Gasteiger partial charge < -0.3 is 9.47 Å². The zero-order valence-electron chi connectivity index (χ0n) is 14.7. The van der Waals surface area contributed by atoms with Crippen LogP contribution in [0, 0.1) is 0 Å². The second kappa shape index (κ2) is 9.78. The Morgan fingerprint density at radius 2 is 1.78 bits per heavy atom. The van der Waals surface area contributed by atoms with Crippen molar-refractivity contribution >= 4 is 17.6 Å². The predicted octanol–water partition coefficient (Wildman–Crippen LogP) is 3.51. The van der Waals surface area contributed by atoms with Gasteiger partial charge in [-0.15, -0.1) is 11.6 Å². The highest BCUT2D eigenvalue weighted by Crippen LogP contribution is 2.22. The van der Waals surface area contributed by atoms with Gasteiger partial charge >= 0.3 is 5.97 Å². The molecule has 0 bridgehead atoms. The molecule has 1 aromatic carbocycles. The van der Waals surface area contributed by atoms with E-state index in [4.69, 9.17) is 16.3 Å². The van der Waals surface area contributed by atoms with Crippen molar-refractivity contribution in [2.24, 2.45) is 0 Å². The molecule has 130 valence electrons. The monoisotopic (exact) mass is 341 g/mol. The average Bonchev–Trinajstić information content (AvgIpc) is 2.51. The van der Waals surface area contributed by atoms with E-state index in [0.717, 1.165) is 17.9 Å². The Kier molecular flexibility index (Phi) is 8.42. The van der Waals surface area contributed by atoms with Crippen molar-refractivity contribution in [1.29, 1.82) is 0 Å². The fourth-order valence-corrected chi connectivity index (χ4v) is 2.85. The summed E-state index contributed by atoms with van der Waals surface area (Å²) in [4.78, 5) is 13.9. The molecule has 5 heteroatoms. The van der Waals surface area contributed by atoms with Crippen LogP contribution in [0.3, 0.4) is 0 Å². The van der Waals surface area contributed by atoms with Crippen LogP contribution in [0.15, 0.2) is 24.3 Å². The number of alkyl halides is 1. The Morgan fingerprint density at radius 3 is 2.35 bits per heavy atom. The van der Waals surface area contributed by atoms with Gasteiger partial charge in [-0.25, -0.2) is 0 Å². The minimum atomic E-state index is -0.701. The van der Waals surface area contributed by atoms with Crippen molar-refractivity contribution in [3.63, 3.8) is 0 Å². The average molecular weight is 342 g/mol. The summed E-state index contributed by atoms with van der Waals surface area (Å²) >= 11 is 6.07. The molecule has 0 fully saturated rings. The molecule has 0 heterocycles. The van der Waals surface area contributed by atoms with Gasteiger partial charge in [0.25, 0.3) is 0 Å². The molecule has 0 saturated heterocycles. The zero-order valence-corrected chi connectivity index (χ0v) is 15.5. The van der Waals surface area contributed by atoms with E-state index in [0.29, 0.717) is 25.1 Å².